The summed E-state index contributed by atoms with van der Waals surface area (Å²) in [5, 5.41) is 20.6. The maximum atomic E-state index is 12.4. The first-order valence-corrected chi connectivity index (χ1v) is 10.6. The van der Waals surface area contributed by atoms with Crippen LogP contribution in [0.3, 0.4) is 0 Å². The molecular formula is C22H36O3. The summed E-state index contributed by atoms with van der Waals surface area (Å²) >= 11 is 0. The number of hydrogen-bond acceptors (Lipinski definition) is 3. The maximum Gasteiger partial charge on any atom is 0.190 e. The molecule has 0 bridgehead atoms. The molecule has 0 saturated heterocycles. The molecule has 8 unspecified atom stereocenters. The summed E-state index contributed by atoms with van der Waals surface area (Å²) < 4.78 is 0. The number of carbonyl (C=O) groups excluding carboxylic acids is 1. The number of aliphatic hydroxyl groups is 2. The van der Waals surface area contributed by atoms with Gasteiger partial charge in [0.25, 0.3) is 0 Å². The molecule has 0 aromatic heterocycles. The fraction of sp³-hybridized carbons (Fsp3) is 0.955. The van der Waals surface area contributed by atoms with E-state index in [0.717, 1.165) is 37.0 Å². The van der Waals surface area contributed by atoms with Crippen LogP contribution in [-0.2, 0) is 4.79 Å². The van der Waals surface area contributed by atoms with Crippen LogP contribution in [0.2, 0.25) is 0 Å². The lowest BCUT2D eigenvalue weighted by atomic mass is 9.44. The minimum Gasteiger partial charge on any atom is -0.388 e. The fourth-order valence-electron chi connectivity index (χ4n) is 8.08. The molecule has 142 valence electrons. The van der Waals surface area contributed by atoms with E-state index in [4.69, 9.17) is 0 Å². The zero-order valence-corrected chi connectivity index (χ0v) is 16.3. The van der Waals surface area contributed by atoms with E-state index in [1.165, 1.54) is 32.1 Å². The Morgan fingerprint density at radius 3 is 2.44 bits per heavy atom. The van der Waals surface area contributed by atoms with Crippen molar-refractivity contribution in [2.75, 3.05) is 6.61 Å². The largest absolute Gasteiger partial charge is 0.388 e. The lowest BCUT2D eigenvalue weighted by Gasteiger charge is -2.61. The van der Waals surface area contributed by atoms with E-state index in [2.05, 4.69) is 20.8 Å². The Kier molecular flexibility index (Phi) is 4.16. The van der Waals surface area contributed by atoms with Gasteiger partial charge in [-0.3, -0.25) is 4.79 Å². The molecule has 0 aromatic carbocycles. The van der Waals surface area contributed by atoms with Crippen LogP contribution in [0.1, 0.15) is 78.6 Å². The maximum absolute atomic E-state index is 12.4. The number of rotatable bonds is 2. The van der Waals surface area contributed by atoms with E-state index in [0.29, 0.717) is 23.7 Å². The standard InChI is InChI=1S/C22H36O3/c1-14-6-9-20(2)15(12-14)4-5-16-17(20)7-10-21(3)18(16)8-11-22(21,25)19(24)13-23/h14-18,23,25H,4-13H2,1-3H3. The molecule has 3 nitrogen and oxygen atoms in total. The van der Waals surface area contributed by atoms with E-state index >= 15 is 0 Å². The Balaban J connectivity index is 1.63. The van der Waals surface area contributed by atoms with Crippen LogP contribution in [0.5, 0.6) is 0 Å². The zero-order valence-electron chi connectivity index (χ0n) is 16.3. The summed E-state index contributed by atoms with van der Waals surface area (Å²) in [7, 11) is 0. The van der Waals surface area contributed by atoms with Gasteiger partial charge < -0.3 is 10.2 Å². The molecule has 0 spiro atoms. The molecular weight excluding hydrogens is 312 g/mol. The molecule has 2 N–H and O–H groups in total. The Labute approximate surface area is 152 Å². The molecule has 0 amide bonds. The lowest BCUT2D eigenvalue weighted by Crippen LogP contribution is -2.59. The third-order valence-electron chi connectivity index (χ3n) is 9.68. The lowest BCUT2D eigenvalue weighted by molar-refractivity contribution is -0.172. The first-order chi connectivity index (χ1) is 11.8. The highest BCUT2D eigenvalue weighted by atomic mass is 16.3. The molecule has 4 rings (SSSR count). The molecule has 8 atom stereocenters. The van der Waals surface area contributed by atoms with Crippen molar-refractivity contribution in [2.24, 2.45) is 40.4 Å². The van der Waals surface area contributed by atoms with Gasteiger partial charge in [0, 0.05) is 5.41 Å². The van der Waals surface area contributed by atoms with E-state index in [9.17, 15) is 15.0 Å². The van der Waals surface area contributed by atoms with Gasteiger partial charge in [-0.25, -0.2) is 0 Å². The second-order valence-corrected chi connectivity index (χ2v) is 10.5. The molecule has 25 heavy (non-hydrogen) atoms. The number of hydrogen-bond donors (Lipinski definition) is 2. The van der Waals surface area contributed by atoms with Crippen LogP contribution in [0, 0.1) is 40.4 Å². The van der Waals surface area contributed by atoms with Crippen molar-refractivity contribution >= 4 is 5.78 Å². The van der Waals surface area contributed by atoms with Crippen molar-refractivity contribution in [1.82, 2.24) is 0 Å². The summed E-state index contributed by atoms with van der Waals surface area (Å²) in [5.74, 6) is 3.28. The van der Waals surface area contributed by atoms with Crippen molar-refractivity contribution in [1.29, 1.82) is 0 Å². The van der Waals surface area contributed by atoms with Crippen molar-refractivity contribution in [3.05, 3.63) is 0 Å². The smallest absolute Gasteiger partial charge is 0.190 e. The highest BCUT2D eigenvalue weighted by Crippen LogP contribution is 2.68. The predicted molar refractivity (Wildman–Crippen MR) is 97.9 cm³/mol. The zero-order chi connectivity index (χ0) is 18.0. The van der Waals surface area contributed by atoms with Crippen LogP contribution in [-0.4, -0.2) is 28.2 Å². The molecule has 4 aliphatic carbocycles. The third kappa shape index (κ3) is 2.27. The van der Waals surface area contributed by atoms with Gasteiger partial charge in [-0.2, -0.15) is 0 Å². The Bertz CT molecular complexity index is 559. The SMILES string of the molecule is CC1CCC2(C)C(CCC3C2CCC2(C)C3CCC2(O)C(=O)CO)C1. The molecule has 0 heterocycles. The van der Waals surface area contributed by atoms with Crippen LogP contribution < -0.4 is 0 Å². The van der Waals surface area contributed by atoms with Gasteiger partial charge in [0.15, 0.2) is 5.78 Å². The van der Waals surface area contributed by atoms with Crippen molar-refractivity contribution in [3.8, 4) is 0 Å². The summed E-state index contributed by atoms with van der Waals surface area (Å²) in [5.41, 5.74) is -1.16. The summed E-state index contributed by atoms with van der Waals surface area (Å²) in [4.78, 5) is 12.4. The third-order valence-corrected chi connectivity index (χ3v) is 9.68. The van der Waals surface area contributed by atoms with Gasteiger partial charge in [-0.15, -0.1) is 0 Å². The molecule has 4 saturated carbocycles. The molecule has 0 aromatic rings. The average molecular weight is 349 g/mol. The van der Waals surface area contributed by atoms with Gasteiger partial charge >= 0.3 is 0 Å². The quantitative estimate of drug-likeness (QED) is 0.794. The average Bonchev–Trinajstić information content (AvgIpc) is 2.87. The Morgan fingerprint density at radius 2 is 1.72 bits per heavy atom. The monoisotopic (exact) mass is 348 g/mol. The second-order valence-electron chi connectivity index (χ2n) is 10.5. The van der Waals surface area contributed by atoms with E-state index in [1.807, 2.05) is 0 Å². The predicted octanol–water partition coefficient (Wildman–Crippen LogP) is 3.96. The minimum absolute atomic E-state index is 0.334. The molecule has 4 aliphatic rings. The molecule has 0 aliphatic heterocycles. The molecule has 0 radical (unpaired) electrons. The van der Waals surface area contributed by atoms with E-state index in [1.54, 1.807) is 0 Å². The van der Waals surface area contributed by atoms with Crippen molar-refractivity contribution in [2.45, 2.75) is 84.2 Å². The fourth-order valence-corrected chi connectivity index (χ4v) is 8.08. The van der Waals surface area contributed by atoms with Gasteiger partial charge in [-0.1, -0.05) is 27.2 Å². The second kappa shape index (κ2) is 5.79. The number of fused-ring (bicyclic) bond motifs is 5. The number of ketones is 1. The van der Waals surface area contributed by atoms with Crippen LogP contribution in [0.4, 0.5) is 0 Å². The molecule has 3 heteroatoms. The van der Waals surface area contributed by atoms with Crippen LogP contribution in [0.25, 0.3) is 0 Å². The summed E-state index contributed by atoms with van der Waals surface area (Å²) in [6.07, 6.45) is 10.3. The Morgan fingerprint density at radius 1 is 1.00 bits per heavy atom. The summed E-state index contributed by atoms with van der Waals surface area (Å²) in [6, 6.07) is 0. The van der Waals surface area contributed by atoms with Crippen LogP contribution in [0.15, 0.2) is 0 Å². The number of Topliss-reactive ketones (excluding diaryl/α,β-unsaturated/α-hetero) is 1. The molecule has 4 fully saturated rings. The number of aliphatic hydroxyl groups excluding tert-OH is 1. The van der Waals surface area contributed by atoms with E-state index in [-0.39, 0.29) is 11.2 Å². The van der Waals surface area contributed by atoms with Gasteiger partial charge in [0.05, 0.1) is 0 Å². The van der Waals surface area contributed by atoms with Crippen LogP contribution >= 0.6 is 0 Å². The summed E-state index contributed by atoms with van der Waals surface area (Å²) in [6.45, 7) is 6.60. The highest BCUT2D eigenvalue weighted by molar-refractivity contribution is 5.89. The highest BCUT2D eigenvalue weighted by Gasteiger charge is 2.66. The first-order valence-electron chi connectivity index (χ1n) is 10.6. The Hall–Kier alpha value is -0.410. The van der Waals surface area contributed by atoms with Gasteiger partial charge in [0.1, 0.15) is 12.2 Å². The van der Waals surface area contributed by atoms with Crippen molar-refractivity contribution < 1.29 is 15.0 Å². The van der Waals surface area contributed by atoms with Gasteiger partial charge in [-0.05, 0) is 86.4 Å². The van der Waals surface area contributed by atoms with E-state index < -0.39 is 12.2 Å². The topological polar surface area (TPSA) is 57.5 Å². The normalized spacial score (nSPS) is 55.2. The number of carbonyl (C=O) groups is 1. The van der Waals surface area contributed by atoms with Crippen molar-refractivity contribution in [3.63, 3.8) is 0 Å². The first kappa shape index (κ1) is 18.0. The van der Waals surface area contributed by atoms with Gasteiger partial charge in [0.2, 0.25) is 0 Å². The minimum atomic E-state index is -1.30.